The largest absolute Gasteiger partial charge is 0.465 e. The fraction of sp³-hybridized carbons (Fsp3) is 0.217. The average Bonchev–Trinajstić information content (AvgIpc) is 3.45. The van der Waals surface area contributed by atoms with Crippen molar-refractivity contribution in [3.63, 3.8) is 0 Å². The van der Waals surface area contributed by atoms with E-state index in [0.717, 1.165) is 0 Å². The molecular formula is C23H22FN7O4. The zero-order chi connectivity index (χ0) is 25.2. The van der Waals surface area contributed by atoms with Gasteiger partial charge in [-0.2, -0.15) is 0 Å². The van der Waals surface area contributed by atoms with Crippen LogP contribution in [-0.4, -0.2) is 39.3 Å². The Morgan fingerprint density at radius 2 is 2.09 bits per heavy atom. The number of anilines is 2. The van der Waals surface area contributed by atoms with Crippen LogP contribution < -0.4 is 16.8 Å². The van der Waals surface area contributed by atoms with Crippen LogP contribution in [0.4, 0.5) is 16.0 Å². The molecule has 0 spiro atoms. The Labute approximate surface area is 199 Å². The number of fused-ring (bicyclic) bond motifs is 1. The van der Waals surface area contributed by atoms with Gasteiger partial charge < -0.3 is 26.0 Å². The Bertz CT molecular complexity index is 1350. The molecule has 3 aromatic rings. The lowest BCUT2D eigenvalue weighted by molar-refractivity contribution is -0.152. The van der Waals surface area contributed by atoms with Gasteiger partial charge in [-0.15, -0.1) is 0 Å². The summed E-state index contributed by atoms with van der Waals surface area (Å²) in [5.41, 5.74) is 11.8. The van der Waals surface area contributed by atoms with Gasteiger partial charge in [0.25, 0.3) is 0 Å². The summed E-state index contributed by atoms with van der Waals surface area (Å²) >= 11 is 0. The molecule has 0 bridgehead atoms. The lowest BCUT2D eigenvalue weighted by Gasteiger charge is -2.20. The zero-order valence-corrected chi connectivity index (χ0v) is 18.9. The van der Waals surface area contributed by atoms with Gasteiger partial charge in [0.2, 0.25) is 5.91 Å². The zero-order valence-electron chi connectivity index (χ0n) is 18.9. The Balaban J connectivity index is 1.72. The number of hydrogen-bond acceptors (Lipinski definition) is 10. The molecule has 4 rings (SSSR count). The van der Waals surface area contributed by atoms with Gasteiger partial charge in [-0.1, -0.05) is 23.4 Å². The summed E-state index contributed by atoms with van der Waals surface area (Å²) in [5, 5.41) is 6.41. The van der Waals surface area contributed by atoms with Gasteiger partial charge in [0.1, 0.15) is 29.4 Å². The number of nitrogen functional groups attached to an aromatic ring is 1. The van der Waals surface area contributed by atoms with E-state index in [0.29, 0.717) is 11.3 Å². The van der Waals surface area contributed by atoms with E-state index in [9.17, 15) is 14.0 Å². The maximum absolute atomic E-state index is 14.0. The van der Waals surface area contributed by atoms with Gasteiger partial charge in [0.05, 0.1) is 30.1 Å². The third-order valence-corrected chi connectivity index (χ3v) is 5.43. The molecule has 35 heavy (non-hydrogen) atoms. The third kappa shape index (κ3) is 4.33. The minimum absolute atomic E-state index is 0.0137. The minimum Gasteiger partial charge on any atom is -0.465 e. The van der Waals surface area contributed by atoms with Crippen molar-refractivity contribution in [1.29, 1.82) is 0 Å². The second kappa shape index (κ2) is 9.33. The number of esters is 1. The number of nitrogens with zero attached hydrogens (tertiary/aromatic N) is 4. The van der Waals surface area contributed by atoms with Crippen LogP contribution in [0.25, 0.3) is 5.70 Å². The van der Waals surface area contributed by atoms with Crippen molar-refractivity contribution in [3.8, 4) is 0 Å². The minimum atomic E-state index is -1.69. The number of aromatic nitrogens is 3. The van der Waals surface area contributed by atoms with Gasteiger partial charge in [-0.25, -0.2) is 14.4 Å². The summed E-state index contributed by atoms with van der Waals surface area (Å²) in [4.78, 5) is 38.0. The monoisotopic (exact) mass is 479 g/mol. The van der Waals surface area contributed by atoms with Crippen molar-refractivity contribution < 1.29 is 23.2 Å². The number of nitrogens with two attached hydrogens (primary N) is 2. The van der Waals surface area contributed by atoms with Crippen molar-refractivity contribution in [1.82, 2.24) is 15.1 Å². The number of carbonyl (C=O) groups excluding carboxylic acids is 2. The van der Waals surface area contributed by atoms with Gasteiger partial charge in [0, 0.05) is 11.6 Å². The van der Waals surface area contributed by atoms with Crippen LogP contribution in [0.1, 0.15) is 36.5 Å². The van der Waals surface area contributed by atoms with Crippen molar-refractivity contribution in [3.05, 3.63) is 71.1 Å². The molecule has 0 saturated heterocycles. The lowest BCUT2D eigenvalue weighted by atomic mass is 9.84. The summed E-state index contributed by atoms with van der Waals surface area (Å²) in [6, 6.07) is 7.80. The molecule has 1 unspecified atom stereocenters. The molecule has 3 heterocycles. The maximum atomic E-state index is 14.0. The molecule has 1 amide bonds. The first kappa shape index (κ1) is 23.5. The third-order valence-electron chi connectivity index (χ3n) is 5.43. The SMILES string of the molecule is CCOC(=O)C1(C)C(=O)Nc2nc(C(N)=CC(=NCc3ccccc3F)c3ccon3)nc(N)c21. The molecular weight excluding hydrogens is 457 g/mol. The topological polar surface area (TPSA) is 172 Å². The molecule has 5 N–H and O–H groups in total. The van der Waals surface area contributed by atoms with E-state index in [1.54, 1.807) is 31.2 Å². The molecule has 1 aromatic carbocycles. The van der Waals surface area contributed by atoms with E-state index in [2.05, 4.69) is 25.4 Å². The number of carbonyl (C=O) groups is 2. The molecule has 0 fully saturated rings. The number of benzene rings is 1. The standard InChI is InChI=1S/C23H22FN7O4/c1-3-34-22(33)23(2)17-18(26)28-19(29-20(17)30-21(23)32)14(25)10-16(15-8-9-35-31-15)27-11-12-6-4-5-7-13(12)24/h4-10H,3,11,25H2,1-2H3,(H3,26,28,29,30,32). The van der Waals surface area contributed by atoms with Crippen LogP contribution >= 0.6 is 0 Å². The maximum Gasteiger partial charge on any atom is 0.326 e. The van der Waals surface area contributed by atoms with Gasteiger partial charge >= 0.3 is 5.97 Å². The van der Waals surface area contributed by atoms with E-state index in [-0.39, 0.29) is 47.6 Å². The molecule has 1 atom stereocenters. The fourth-order valence-corrected chi connectivity index (χ4v) is 3.56. The van der Waals surface area contributed by atoms with Crippen molar-refractivity contribution >= 4 is 34.9 Å². The Morgan fingerprint density at radius 3 is 2.77 bits per heavy atom. The predicted octanol–water partition coefficient (Wildman–Crippen LogP) is 1.95. The van der Waals surface area contributed by atoms with Gasteiger partial charge in [-0.3, -0.25) is 14.6 Å². The summed E-state index contributed by atoms with van der Waals surface area (Å²) < 4.78 is 24.0. The molecule has 11 nitrogen and oxygen atoms in total. The first-order valence-corrected chi connectivity index (χ1v) is 10.6. The van der Waals surface area contributed by atoms with Gasteiger partial charge in [-0.05, 0) is 26.0 Å². The number of halogens is 1. The highest BCUT2D eigenvalue weighted by molar-refractivity contribution is 6.19. The molecule has 180 valence electrons. The first-order chi connectivity index (χ1) is 16.8. The number of amides is 1. The fourth-order valence-electron chi connectivity index (χ4n) is 3.56. The van der Waals surface area contributed by atoms with E-state index in [1.807, 2.05) is 0 Å². The highest BCUT2D eigenvalue weighted by atomic mass is 19.1. The normalized spacial score (nSPS) is 17.7. The second-order valence-corrected chi connectivity index (χ2v) is 7.73. The average molecular weight is 479 g/mol. The molecule has 1 aliphatic rings. The van der Waals surface area contributed by atoms with Crippen LogP contribution in [-0.2, 0) is 26.3 Å². The van der Waals surface area contributed by atoms with Crippen LogP contribution in [0.15, 0.2) is 52.2 Å². The van der Waals surface area contributed by atoms with Crippen LogP contribution in [0, 0.1) is 5.82 Å². The number of hydrogen-bond donors (Lipinski definition) is 3. The van der Waals surface area contributed by atoms with Crippen molar-refractivity contribution in [2.24, 2.45) is 10.7 Å². The Morgan fingerprint density at radius 1 is 1.31 bits per heavy atom. The number of allylic oxidation sites excluding steroid dienone is 1. The van der Waals surface area contributed by atoms with Crippen molar-refractivity contribution in [2.45, 2.75) is 25.8 Å². The number of nitrogens with one attached hydrogen (secondary N) is 1. The van der Waals surface area contributed by atoms with Gasteiger partial charge in [0.15, 0.2) is 11.2 Å². The number of aliphatic imine (C=N–C) groups is 1. The van der Waals surface area contributed by atoms with Crippen molar-refractivity contribution in [2.75, 3.05) is 17.7 Å². The number of ether oxygens (including phenoxy) is 1. The summed E-state index contributed by atoms with van der Waals surface area (Å²) in [6.07, 6.45) is 2.79. The molecule has 0 radical (unpaired) electrons. The Hall–Kier alpha value is -4.61. The highest BCUT2D eigenvalue weighted by Gasteiger charge is 2.53. The quantitative estimate of drug-likeness (QED) is 0.260. The van der Waals surface area contributed by atoms with E-state index < -0.39 is 23.1 Å². The Kier molecular flexibility index (Phi) is 6.28. The smallest absolute Gasteiger partial charge is 0.326 e. The van der Waals surface area contributed by atoms with E-state index in [4.69, 9.17) is 20.7 Å². The lowest BCUT2D eigenvalue weighted by Crippen LogP contribution is -2.41. The second-order valence-electron chi connectivity index (χ2n) is 7.73. The van der Waals surface area contributed by atoms with Crippen LogP contribution in [0.3, 0.4) is 0 Å². The van der Waals surface area contributed by atoms with Crippen LogP contribution in [0.5, 0.6) is 0 Å². The van der Waals surface area contributed by atoms with E-state index in [1.165, 1.54) is 25.3 Å². The molecule has 12 heteroatoms. The first-order valence-electron chi connectivity index (χ1n) is 10.6. The summed E-state index contributed by atoms with van der Waals surface area (Å²) in [5.74, 6) is -1.88. The summed E-state index contributed by atoms with van der Waals surface area (Å²) in [7, 11) is 0. The highest BCUT2D eigenvalue weighted by Crippen LogP contribution is 2.40. The van der Waals surface area contributed by atoms with Crippen LogP contribution in [0.2, 0.25) is 0 Å². The van der Waals surface area contributed by atoms with E-state index >= 15 is 0 Å². The molecule has 2 aromatic heterocycles. The predicted molar refractivity (Wildman–Crippen MR) is 124 cm³/mol. The molecule has 0 saturated carbocycles. The molecule has 0 aliphatic carbocycles. The summed E-state index contributed by atoms with van der Waals surface area (Å²) in [6.45, 7) is 3.12. The number of rotatable bonds is 7. The molecule has 1 aliphatic heterocycles.